The van der Waals surface area contributed by atoms with Crippen molar-refractivity contribution in [2.75, 3.05) is 12.3 Å². The second-order valence-electron chi connectivity index (χ2n) is 4.81. The zero-order valence-electron chi connectivity index (χ0n) is 9.90. The Morgan fingerprint density at radius 2 is 2.29 bits per heavy atom. The van der Waals surface area contributed by atoms with Crippen molar-refractivity contribution in [1.29, 1.82) is 0 Å². The topological polar surface area (TPSA) is 68.0 Å². The molecule has 0 saturated heterocycles. The van der Waals surface area contributed by atoms with Crippen LogP contribution in [0.3, 0.4) is 0 Å². The first kappa shape index (κ1) is 13.8. The van der Waals surface area contributed by atoms with Gasteiger partial charge in [0.1, 0.15) is 0 Å². The van der Waals surface area contributed by atoms with Crippen molar-refractivity contribution in [3.63, 3.8) is 0 Å². The molecule has 0 atom stereocenters. The fraction of sp³-hybridized carbons (Fsp3) is 0.500. The monoisotopic (exact) mass is 255 g/mol. The predicted molar refractivity (Wildman–Crippen MR) is 70.2 cm³/mol. The Hall–Kier alpha value is -1.29. The SMILES string of the molecule is CC1(CNC(=O)c2ccncc2N)CCC1.Cl. The molecule has 1 saturated carbocycles. The zero-order valence-corrected chi connectivity index (χ0v) is 10.7. The minimum Gasteiger partial charge on any atom is -0.397 e. The van der Waals surface area contributed by atoms with Crippen LogP contribution in [0.1, 0.15) is 36.5 Å². The van der Waals surface area contributed by atoms with Crippen LogP contribution in [-0.4, -0.2) is 17.4 Å². The Morgan fingerprint density at radius 3 is 2.82 bits per heavy atom. The molecular formula is C12H18ClN3O. The Morgan fingerprint density at radius 1 is 1.59 bits per heavy atom. The Kier molecular flexibility index (Phi) is 4.34. The molecule has 5 heteroatoms. The summed E-state index contributed by atoms with van der Waals surface area (Å²) in [6.07, 6.45) is 6.73. The fourth-order valence-electron chi connectivity index (χ4n) is 1.96. The normalized spacial score (nSPS) is 16.5. The van der Waals surface area contributed by atoms with Gasteiger partial charge in [0.05, 0.1) is 17.4 Å². The molecule has 1 aromatic rings. The van der Waals surface area contributed by atoms with E-state index in [-0.39, 0.29) is 23.7 Å². The number of aromatic nitrogens is 1. The molecule has 1 heterocycles. The van der Waals surface area contributed by atoms with E-state index in [0.717, 1.165) is 6.54 Å². The summed E-state index contributed by atoms with van der Waals surface area (Å²) in [4.78, 5) is 15.7. The first-order chi connectivity index (χ1) is 7.61. The highest BCUT2D eigenvalue weighted by molar-refractivity contribution is 5.98. The van der Waals surface area contributed by atoms with E-state index in [9.17, 15) is 4.79 Å². The quantitative estimate of drug-likeness (QED) is 0.868. The zero-order chi connectivity index (χ0) is 11.6. The summed E-state index contributed by atoms with van der Waals surface area (Å²) < 4.78 is 0. The molecule has 1 aliphatic rings. The van der Waals surface area contributed by atoms with Gasteiger partial charge in [0.2, 0.25) is 0 Å². The van der Waals surface area contributed by atoms with Crippen LogP contribution < -0.4 is 11.1 Å². The number of pyridine rings is 1. The Balaban J connectivity index is 0.00000144. The van der Waals surface area contributed by atoms with Gasteiger partial charge >= 0.3 is 0 Å². The van der Waals surface area contributed by atoms with Gasteiger partial charge in [0.25, 0.3) is 5.91 Å². The van der Waals surface area contributed by atoms with Gasteiger partial charge in [0, 0.05) is 12.7 Å². The van der Waals surface area contributed by atoms with Crippen molar-refractivity contribution in [3.8, 4) is 0 Å². The first-order valence-electron chi connectivity index (χ1n) is 5.58. The van der Waals surface area contributed by atoms with E-state index in [4.69, 9.17) is 5.73 Å². The maximum atomic E-state index is 11.8. The molecule has 1 amide bonds. The van der Waals surface area contributed by atoms with Crippen molar-refractivity contribution in [3.05, 3.63) is 24.0 Å². The van der Waals surface area contributed by atoms with E-state index in [1.807, 2.05) is 0 Å². The van der Waals surface area contributed by atoms with Crippen LogP contribution in [0.15, 0.2) is 18.5 Å². The second-order valence-corrected chi connectivity index (χ2v) is 4.81. The van der Waals surface area contributed by atoms with Crippen molar-refractivity contribution < 1.29 is 4.79 Å². The Labute approximate surface area is 107 Å². The summed E-state index contributed by atoms with van der Waals surface area (Å²) in [6, 6.07) is 1.65. The number of nitrogens with two attached hydrogens (primary N) is 1. The van der Waals surface area contributed by atoms with E-state index >= 15 is 0 Å². The summed E-state index contributed by atoms with van der Waals surface area (Å²) in [5.74, 6) is -0.104. The number of hydrogen-bond donors (Lipinski definition) is 2. The van der Waals surface area contributed by atoms with E-state index in [1.54, 1.807) is 12.3 Å². The molecule has 1 fully saturated rings. The van der Waals surface area contributed by atoms with Crippen LogP contribution in [-0.2, 0) is 0 Å². The molecular weight excluding hydrogens is 238 g/mol. The lowest BCUT2D eigenvalue weighted by Gasteiger charge is -2.38. The van der Waals surface area contributed by atoms with Crippen molar-refractivity contribution in [1.82, 2.24) is 10.3 Å². The molecule has 0 bridgehead atoms. The highest BCUT2D eigenvalue weighted by Crippen LogP contribution is 2.39. The van der Waals surface area contributed by atoms with Gasteiger partial charge in [-0.3, -0.25) is 9.78 Å². The number of carbonyl (C=O) groups excluding carboxylic acids is 1. The third-order valence-corrected chi connectivity index (χ3v) is 3.33. The molecule has 0 aliphatic heterocycles. The molecule has 3 N–H and O–H groups in total. The number of rotatable bonds is 3. The largest absolute Gasteiger partial charge is 0.397 e. The number of amides is 1. The van der Waals surface area contributed by atoms with Crippen LogP contribution in [0.5, 0.6) is 0 Å². The van der Waals surface area contributed by atoms with E-state index in [1.165, 1.54) is 25.5 Å². The third-order valence-electron chi connectivity index (χ3n) is 3.33. The van der Waals surface area contributed by atoms with E-state index in [2.05, 4.69) is 17.2 Å². The molecule has 0 unspecified atom stereocenters. The summed E-state index contributed by atoms with van der Waals surface area (Å²) >= 11 is 0. The Bertz CT molecular complexity index is 404. The van der Waals surface area contributed by atoms with Gasteiger partial charge in [-0.15, -0.1) is 12.4 Å². The van der Waals surface area contributed by atoms with Gasteiger partial charge in [-0.05, 0) is 24.3 Å². The molecule has 17 heavy (non-hydrogen) atoms. The number of anilines is 1. The maximum absolute atomic E-state index is 11.8. The molecule has 0 spiro atoms. The standard InChI is InChI=1S/C12H17N3O.ClH/c1-12(4-2-5-12)8-15-11(16)9-3-6-14-7-10(9)13;/h3,6-7H,2,4-5,8,13H2,1H3,(H,15,16);1H. The predicted octanol–water partition coefficient (Wildman–Crippen LogP) is 2.01. The summed E-state index contributed by atoms with van der Waals surface area (Å²) in [5.41, 5.74) is 6.91. The van der Waals surface area contributed by atoms with Crippen LogP contribution in [0, 0.1) is 5.41 Å². The molecule has 2 rings (SSSR count). The van der Waals surface area contributed by atoms with Crippen molar-refractivity contribution >= 4 is 24.0 Å². The molecule has 1 aliphatic carbocycles. The van der Waals surface area contributed by atoms with Gasteiger partial charge in [-0.1, -0.05) is 13.3 Å². The van der Waals surface area contributed by atoms with Gasteiger partial charge in [0.15, 0.2) is 0 Å². The lowest BCUT2D eigenvalue weighted by molar-refractivity contribution is 0.0891. The van der Waals surface area contributed by atoms with Gasteiger partial charge in [-0.25, -0.2) is 0 Å². The minimum atomic E-state index is -0.104. The maximum Gasteiger partial charge on any atom is 0.253 e. The summed E-state index contributed by atoms with van der Waals surface area (Å²) in [5, 5.41) is 2.94. The van der Waals surface area contributed by atoms with Crippen LogP contribution in [0.2, 0.25) is 0 Å². The number of hydrogen-bond acceptors (Lipinski definition) is 3. The van der Waals surface area contributed by atoms with Gasteiger partial charge < -0.3 is 11.1 Å². The molecule has 0 aromatic carbocycles. The van der Waals surface area contributed by atoms with Crippen molar-refractivity contribution in [2.45, 2.75) is 26.2 Å². The van der Waals surface area contributed by atoms with E-state index < -0.39 is 0 Å². The first-order valence-corrected chi connectivity index (χ1v) is 5.58. The highest BCUT2D eigenvalue weighted by Gasteiger charge is 2.31. The third kappa shape index (κ3) is 3.09. The molecule has 0 radical (unpaired) electrons. The van der Waals surface area contributed by atoms with E-state index in [0.29, 0.717) is 11.3 Å². The summed E-state index contributed by atoms with van der Waals surface area (Å²) in [7, 11) is 0. The van der Waals surface area contributed by atoms with Crippen LogP contribution in [0.4, 0.5) is 5.69 Å². The van der Waals surface area contributed by atoms with Crippen molar-refractivity contribution in [2.24, 2.45) is 5.41 Å². The minimum absolute atomic E-state index is 0. The lowest BCUT2D eigenvalue weighted by atomic mass is 9.70. The second kappa shape index (κ2) is 5.36. The average Bonchev–Trinajstić information content (AvgIpc) is 2.24. The molecule has 4 nitrogen and oxygen atoms in total. The summed E-state index contributed by atoms with van der Waals surface area (Å²) in [6.45, 7) is 2.93. The molecule has 94 valence electrons. The fourth-order valence-corrected chi connectivity index (χ4v) is 1.96. The van der Waals surface area contributed by atoms with Gasteiger partial charge in [-0.2, -0.15) is 0 Å². The number of halogens is 1. The lowest BCUT2D eigenvalue weighted by Crippen LogP contribution is -2.40. The number of nitrogens with zero attached hydrogens (tertiary/aromatic N) is 1. The highest BCUT2D eigenvalue weighted by atomic mass is 35.5. The molecule has 1 aromatic heterocycles. The smallest absolute Gasteiger partial charge is 0.253 e. The number of nitrogen functional groups attached to an aromatic ring is 1. The average molecular weight is 256 g/mol. The van der Waals surface area contributed by atoms with Crippen LogP contribution in [0.25, 0.3) is 0 Å². The number of nitrogens with one attached hydrogen (secondary N) is 1. The van der Waals surface area contributed by atoms with Crippen LogP contribution >= 0.6 is 12.4 Å². The number of carbonyl (C=O) groups is 1.